The van der Waals surface area contributed by atoms with Crippen LogP contribution in [0.25, 0.3) is 0 Å². The zero-order chi connectivity index (χ0) is 14.4. The Kier molecular flexibility index (Phi) is 5.41. The van der Waals surface area contributed by atoms with Crippen molar-refractivity contribution in [3.63, 3.8) is 0 Å². The summed E-state index contributed by atoms with van der Waals surface area (Å²) in [5.74, 6) is 1.03. The summed E-state index contributed by atoms with van der Waals surface area (Å²) in [6.45, 7) is 9.37. The Morgan fingerprint density at radius 1 is 1.25 bits per heavy atom. The molecule has 0 aliphatic carbocycles. The zero-order valence-electron chi connectivity index (χ0n) is 12.8. The Balaban J connectivity index is 2.07. The fourth-order valence-corrected chi connectivity index (χ4v) is 2.71. The monoisotopic (exact) mass is 274 g/mol. The summed E-state index contributed by atoms with van der Waals surface area (Å²) >= 11 is 0. The van der Waals surface area contributed by atoms with Gasteiger partial charge < -0.3 is 10.2 Å². The van der Waals surface area contributed by atoms with Crippen LogP contribution < -0.4 is 5.32 Å². The second kappa shape index (κ2) is 7.29. The lowest BCUT2D eigenvalue weighted by Crippen LogP contribution is -2.42. The van der Waals surface area contributed by atoms with Gasteiger partial charge in [-0.2, -0.15) is 0 Å². The van der Waals surface area contributed by atoms with Crippen LogP contribution >= 0.6 is 0 Å². The van der Waals surface area contributed by atoms with Crippen LogP contribution in [0.4, 0.5) is 0 Å². The molecule has 1 unspecified atom stereocenters. The van der Waals surface area contributed by atoms with Crippen LogP contribution in [0.1, 0.15) is 25.5 Å². The van der Waals surface area contributed by atoms with E-state index in [0.717, 1.165) is 38.7 Å². The van der Waals surface area contributed by atoms with E-state index in [1.807, 2.05) is 0 Å². The number of benzene rings is 1. The van der Waals surface area contributed by atoms with Crippen LogP contribution in [-0.4, -0.2) is 55.5 Å². The SMILES string of the molecule is CCN(CC)C(CNC1=NCCN1C)c1ccccc1. The quantitative estimate of drug-likeness (QED) is 0.860. The lowest BCUT2D eigenvalue weighted by Gasteiger charge is -2.31. The molecule has 0 radical (unpaired) electrons. The van der Waals surface area contributed by atoms with Gasteiger partial charge in [-0.1, -0.05) is 44.2 Å². The number of hydrogen-bond donors (Lipinski definition) is 1. The zero-order valence-corrected chi connectivity index (χ0v) is 12.8. The van der Waals surface area contributed by atoms with Crippen LogP contribution in [0.3, 0.4) is 0 Å². The second-order valence-electron chi connectivity index (χ2n) is 5.16. The van der Waals surface area contributed by atoms with Crippen molar-refractivity contribution in [1.29, 1.82) is 0 Å². The number of guanidine groups is 1. The van der Waals surface area contributed by atoms with Crippen molar-refractivity contribution < 1.29 is 0 Å². The molecule has 1 aliphatic rings. The number of nitrogens with one attached hydrogen (secondary N) is 1. The minimum atomic E-state index is 0.392. The molecule has 0 bridgehead atoms. The summed E-state index contributed by atoms with van der Waals surface area (Å²) in [5.41, 5.74) is 1.37. The van der Waals surface area contributed by atoms with Crippen molar-refractivity contribution in [2.75, 3.05) is 39.8 Å². The summed E-state index contributed by atoms with van der Waals surface area (Å²) in [6.07, 6.45) is 0. The van der Waals surface area contributed by atoms with Crippen molar-refractivity contribution in [3.8, 4) is 0 Å². The number of hydrogen-bond acceptors (Lipinski definition) is 4. The van der Waals surface area contributed by atoms with Gasteiger partial charge in [-0.05, 0) is 18.7 Å². The van der Waals surface area contributed by atoms with Gasteiger partial charge >= 0.3 is 0 Å². The second-order valence-corrected chi connectivity index (χ2v) is 5.16. The fourth-order valence-electron chi connectivity index (χ4n) is 2.71. The lowest BCUT2D eigenvalue weighted by atomic mass is 10.1. The fraction of sp³-hybridized carbons (Fsp3) is 0.562. The molecule has 1 aromatic carbocycles. The third-order valence-electron chi connectivity index (χ3n) is 3.95. The molecule has 0 saturated heterocycles. The molecule has 1 heterocycles. The van der Waals surface area contributed by atoms with Gasteiger partial charge in [0, 0.05) is 20.1 Å². The van der Waals surface area contributed by atoms with Gasteiger partial charge in [0.15, 0.2) is 5.96 Å². The third-order valence-corrected chi connectivity index (χ3v) is 3.95. The van der Waals surface area contributed by atoms with Gasteiger partial charge in [0.25, 0.3) is 0 Å². The van der Waals surface area contributed by atoms with Crippen molar-refractivity contribution >= 4 is 5.96 Å². The highest BCUT2D eigenvalue weighted by molar-refractivity contribution is 5.81. The average molecular weight is 274 g/mol. The Hall–Kier alpha value is -1.55. The molecular weight excluding hydrogens is 248 g/mol. The summed E-state index contributed by atoms with van der Waals surface area (Å²) in [5, 5.41) is 3.51. The molecule has 1 atom stereocenters. The minimum absolute atomic E-state index is 0.392. The summed E-state index contributed by atoms with van der Waals surface area (Å²) in [4.78, 5) is 9.18. The molecule has 0 aromatic heterocycles. The van der Waals surface area contributed by atoms with Crippen LogP contribution in [0, 0.1) is 0 Å². The largest absolute Gasteiger partial charge is 0.354 e. The molecule has 2 rings (SSSR count). The molecule has 0 amide bonds. The summed E-state index contributed by atoms with van der Waals surface area (Å²) < 4.78 is 0. The van der Waals surface area contributed by atoms with Crippen molar-refractivity contribution in [2.24, 2.45) is 4.99 Å². The standard InChI is InChI=1S/C16H26N4/c1-4-20(5-2)15(14-9-7-6-8-10-14)13-18-16-17-11-12-19(16)3/h6-10,15H,4-5,11-13H2,1-3H3,(H,17,18). The van der Waals surface area contributed by atoms with E-state index in [1.165, 1.54) is 5.56 Å². The van der Waals surface area contributed by atoms with Crippen molar-refractivity contribution in [2.45, 2.75) is 19.9 Å². The van der Waals surface area contributed by atoms with Crippen molar-refractivity contribution in [3.05, 3.63) is 35.9 Å². The molecule has 0 spiro atoms. The molecule has 4 heteroatoms. The molecule has 0 saturated carbocycles. The van der Waals surface area contributed by atoms with Gasteiger partial charge in [0.1, 0.15) is 0 Å². The first kappa shape index (κ1) is 14.9. The Labute approximate surface area is 122 Å². The third kappa shape index (κ3) is 3.51. The van der Waals surface area contributed by atoms with Gasteiger partial charge in [-0.15, -0.1) is 0 Å². The highest BCUT2D eigenvalue weighted by Crippen LogP contribution is 2.19. The van der Waals surface area contributed by atoms with E-state index < -0.39 is 0 Å². The van der Waals surface area contributed by atoms with E-state index in [0.29, 0.717) is 6.04 Å². The van der Waals surface area contributed by atoms with E-state index in [2.05, 4.69) is 71.3 Å². The maximum atomic E-state index is 4.51. The molecule has 1 aliphatic heterocycles. The lowest BCUT2D eigenvalue weighted by molar-refractivity contribution is 0.218. The first-order valence-electron chi connectivity index (χ1n) is 7.54. The van der Waals surface area contributed by atoms with Crippen molar-refractivity contribution in [1.82, 2.24) is 15.1 Å². The molecule has 0 fully saturated rings. The van der Waals surface area contributed by atoms with E-state index in [1.54, 1.807) is 0 Å². The molecular formula is C16H26N4. The maximum absolute atomic E-state index is 4.51. The summed E-state index contributed by atoms with van der Waals surface area (Å²) in [7, 11) is 2.09. The molecule has 110 valence electrons. The van der Waals surface area contributed by atoms with Crippen LogP contribution in [0.5, 0.6) is 0 Å². The maximum Gasteiger partial charge on any atom is 0.193 e. The Morgan fingerprint density at radius 2 is 1.95 bits per heavy atom. The van der Waals surface area contributed by atoms with E-state index in [-0.39, 0.29) is 0 Å². The first-order valence-corrected chi connectivity index (χ1v) is 7.54. The van der Waals surface area contributed by atoms with Gasteiger partial charge in [0.05, 0.1) is 12.6 Å². The van der Waals surface area contributed by atoms with E-state index >= 15 is 0 Å². The van der Waals surface area contributed by atoms with Gasteiger partial charge in [0.2, 0.25) is 0 Å². The number of nitrogens with zero attached hydrogens (tertiary/aromatic N) is 3. The number of aliphatic imine (C=N–C) groups is 1. The summed E-state index contributed by atoms with van der Waals surface area (Å²) in [6, 6.07) is 11.1. The minimum Gasteiger partial charge on any atom is -0.354 e. The highest BCUT2D eigenvalue weighted by atomic mass is 15.3. The predicted octanol–water partition coefficient (Wildman–Crippen LogP) is 1.96. The molecule has 20 heavy (non-hydrogen) atoms. The molecule has 4 nitrogen and oxygen atoms in total. The van der Waals surface area contributed by atoms with Gasteiger partial charge in [-0.3, -0.25) is 9.89 Å². The molecule has 1 N–H and O–H groups in total. The first-order chi connectivity index (χ1) is 9.76. The van der Waals surface area contributed by atoms with Gasteiger partial charge in [-0.25, -0.2) is 0 Å². The van der Waals surface area contributed by atoms with E-state index in [4.69, 9.17) is 0 Å². The smallest absolute Gasteiger partial charge is 0.193 e. The Morgan fingerprint density at radius 3 is 2.50 bits per heavy atom. The van der Waals surface area contributed by atoms with Crippen LogP contribution in [0.15, 0.2) is 35.3 Å². The van der Waals surface area contributed by atoms with E-state index in [9.17, 15) is 0 Å². The van der Waals surface area contributed by atoms with Crippen LogP contribution in [-0.2, 0) is 0 Å². The normalized spacial score (nSPS) is 16.4. The average Bonchev–Trinajstić information content (AvgIpc) is 2.90. The Bertz CT molecular complexity index is 425. The number of rotatable bonds is 6. The van der Waals surface area contributed by atoms with Crippen LogP contribution in [0.2, 0.25) is 0 Å². The highest BCUT2D eigenvalue weighted by Gasteiger charge is 2.20. The topological polar surface area (TPSA) is 30.9 Å². The predicted molar refractivity (Wildman–Crippen MR) is 85.0 cm³/mol. The number of likely N-dealkylation sites (N-methyl/N-ethyl adjacent to an activating group) is 2. The molecule has 1 aromatic rings.